The number of carboxylic acids is 1. The van der Waals surface area contributed by atoms with E-state index in [-0.39, 0.29) is 5.43 Å². The van der Waals surface area contributed by atoms with Crippen LogP contribution in [0.4, 0.5) is 0 Å². The first-order chi connectivity index (χ1) is 8.63. The SMILES string of the molecule is O=C(O)C=Cc1ccc(Cn2ccc(=O)cc2)s1. The molecule has 0 aromatic carbocycles. The van der Waals surface area contributed by atoms with Gasteiger partial charge in [-0.3, -0.25) is 4.79 Å². The van der Waals surface area contributed by atoms with Crippen LogP contribution in [-0.4, -0.2) is 15.6 Å². The first-order valence-corrected chi connectivity index (χ1v) is 6.11. The number of carboxylic acid groups (broad SMARTS) is 1. The number of hydrogen-bond donors (Lipinski definition) is 1. The maximum absolute atomic E-state index is 11.0. The molecule has 4 nitrogen and oxygen atoms in total. The van der Waals surface area contributed by atoms with E-state index in [0.717, 1.165) is 15.8 Å². The third-order valence-electron chi connectivity index (χ3n) is 2.27. The first kappa shape index (κ1) is 12.3. The number of aromatic nitrogens is 1. The minimum atomic E-state index is -0.953. The average Bonchev–Trinajstić information content (AvgIpc) is 2.77. The molecule has 5 heteroatoms. The van der Waals surface area contributed by atoms with Gasteiger partial charge in [0.2, 0.25) is 0 Å². The third kappa shape index (κ3) is 3.43. The molecule has 2 aromatic rings. The second-order valence-corrected chi connectivity index (χ2v) is 4.88. The Morgan fingerprint density at radius 1 is 1.28 bits per heavy atom. The highest BCUT2D eigenvalue weighted by Gasteiger charge is 1.99. The molecule has 92 valence electrons. The van der Waals surface area contributed by atoms with Crippen LogP contribution in [-0.2, 0) is 11.3 Å². The zero-order valence-corrected chi connectivity index (χ0v) is 10.3. The molecule has 2 rings (SSSR count). The second-order valence-electron chi connectivity index (χ2n) is 3.68. The molecule has 0 atom stereocenters. The second kappa shape index (κ2) is 5.46. The highest BCUT2D eigenvalue weighted by molar-refractivity contribution is 7.12. The van der Waals surface area contributed by atoms with Gasteiger partial charge in [-0.1, -0.05) is 0 Å². The van der Waals surface area contributed by atoms with Gasteiger partial charge in [-0.25, -0.2) is 4.79 Å². The molecule has 1 N–H and O–H groups in total. The van der Waals surface area contributed by atoms with Crippen molar-refractivity contribution in [3.05, 3.63) is 62.7 Å². The van der Waals surface area contributed by atoms with Crippen LogP contribution in [0.2, 0.25) is 0 Å². The molecule has 0 amide bonds. The van der Waals surface area contributed by atoms with Gasteiger partial charge in [0.15, 0.2) is 5.43 Å². The summed E-state index contributed by atoms with van der Waals surface area (Å²) in [5, 5.41) is 8.53. The molecule has 0 bridgehead atoms. The van der Waals surface area contributed by atoms with Gasteiger partial charge in [-0.05, 0) is 18.2 Å². The van der Waals surface area contributed by atoms with Crippen LogP contribution in [0, 0.1) is 0 Å². The van der Waals surface area contributed by atoms with Crippen molar-refractivity contribution >= 4 is 23.4 Å². The van der Waals surface area contributed by atoms with E-state index >= 15 is 0 Å². The number of hydrogen-bond acceptors (Lipinski definition) is 3. The molecular weight excluding hydrogens is 250 g/mol. The summed E-state index contributed by atoms with van der Waals surface area (Å²) in [6.07, 6.45) is 6.15. The quantitative estimate of drug-likeness (QED) is 0.857. The average molecular weight is 261 g/mol. The van der Waals surface area contributed by atoms with E-state index in [1.54, 1.807) is 18.5 Å². The normalized spacial score (nSPS) is 10.9. The smallest absolute Gasteiger partial charge is 0.328 e. The number of carbonyl (C=O) groups is 1. The molecule has 0 fully saturated rings. The minimum absolute atomic E-state index is 0.0116. The summed E-state index contributed by atoms with van der Waals surface area (Å²) in [7, 11) is 0. The molecule has 0 unspecified atom stereocenters. The summed E-state index contributed by atoms with van der Waals surface area (Å²) in [6.45, 7) is 0.672. The monoisotopic (exact) mass is 261 g/mol. The lowest BCUT2D eigenvalue weighted by molar-refractivity contribution is -0.131. The molecule has 18 heavy (non-hydrogen) atoms. The molecule has 0 aliphatic rings. The van der Waals surface area contributed by atoms with Crippen molar-refractivity contribution in [2.75, 3.05) is 0 Å². The van der Waals surface area contributed by atoms with Crippen molar-refractivity contribution in [2.45, 2.75) is 6.54 Å². The molecular formula is C13H11NO3S. The van der Waals surface area contributed by atoms with Gasteiger partial charge in [0, 0.05) is 40.4 Å². The van der Waals surface area contributed by atoms with Crippen LogP contribution in [0.5, 0.6) is 0 Å². The molecule has 2 heterocycles. The van der Waals surface area contributed by atoms with Crippen LogP contribution >= 0.6 is 11.3 Å². The fourth-order valence-corrected chi connectivity index (χ4v) is 2.38. The Kier molecular flexibility index (Phi) is 3.74. The number of pyridine rings is 1. The fourth-order valence-electron chi connectivity index (χ4n) is 1.45. The van der Waals surface area contributed by atoms with Crippen LogP contribution in [0.25, 0.3) is 6.08 Å². The van der Waals surface area contributed by atoms with Crippen molar-refractivity contribution in [3.8, 4) is 0 Å². The summed E-state index contributed by atoms with van der Waals surface area (Å²) in [5.41, 5.74) is -0.0116. The van der Waals surface area contributed by atoms with Gasteiger partial charge >= 0.3 is 5.97 Å². The number of aliphatic carboxylic acids is 1. The zero-order valence-electron chi connectivity index (χ0n) is 9.45. The Labute approximate surface area is 107 Å². The van der Waals surface area contributed by atoms with E-state index in [1.807, 2.05) is 16.7 Å². The predicted molar refractivity (Wildman–Crippen MR) is 70.8 cm³/mol. The van der Waals surface area contributed by atoms with Gasteiger partial charge in [-0.2, -0.15) is 0 Å². The Balaban J connectivity index is 2.09. The maximum Gasteiger partial charge on any atom is 0.328 e. The summed E-state index contributed by atoms with van der Waals surface area (Å²) in [5.74, 6) is -0.953. The van der Waals surface area contributed by atoms with Crippen molar-refractivity contribution in [2.24, 2.45) is 0 Å². The molecule has 0 spiro atoms. The minimum Gasteiger partial charge on any atom is -0.478 e. The van der Waals surface area contributed by atoms with E-state index < -0.39 is 5.97 Å². The largest absolute Gasteiger partial charge is 0.478 e. The number of nitrogens with zero attached hydrogens (tertiary/aromatic N) is 1. The van der Waals surface area contributed by atoms with Crippen molar-refractivity contribution < 1.29 is 9.90 Å². The highest BCUT2D eigenvalue weighted by Crippen LogP contribution is 2.18. The van der Waals surface area contributed by atoms with Crippen LogP contribution in [0.3, 0.4) is 0 Å². The summed E-state index contributed by atoms with van der Waals surface area (Å²) < 4.78 is 1.90. The van der Waals surface area contributed by atoms with Crippen LogP contribution in [0.15, 0.2) is 47.5 Å². The molecule has 0 aliphatic heterocycles. The molecule has 0 aliphatic carbocycles. The van der Waals surface area contributed by atoms with Crippen LogP contribution in [0.1, 0.15) is 9.75 Å². The summed E-state index contributed by atoms with van der Waals surface area (Å²) in [4.78, 5) is 23.3. The maximum atomic E-state index is 11.0. The Morgan fingerprint density at radius 2 is 2.00 bits per heavy atom. The molecule has 2 aromatic heterocycles. The Hall–Kier alpha value is -2.14. The van der Waals surface area contributed by atoms with Gasteiger partial charge in [0.1, 0.15) is 0 Å². The topological polar surface area (TPSA) is 59.3 Å². The van der Waals surface area contributed by atoms with Crippen LogP contribution < -0.4 is 5.43 Å². The van der Waals surface area contributed by atoms with E-state index in [4.69, 9.17) is 5.11 Å². The third-order valence-corrected chi connectivity index (χ3v) is 3.31. The standard InChI is InChI=1S/C13H11NO3S/c15-10-5-7-14(8-6-10)9-12-2-1-11(18-12)3-4-13(16)17/h1-8H,9H2,(H,16,17). The van der Waals surface area contributed by atoms with E-state index in [9.17, 15) is 9.59 Å². The molecule has 0 saturated heterocycles. The predicted octanol–water partition coefficient (Wildman–Crippen LogP) is 2.06. The van der Waals surface area contributed by atoms with Crippen molar-refractivity contribution in [1.82, 2.24) is 4.57 Å². The fraction of sp³-hybridized carbons (Fsp3) is 0.0769. The van der Waals surface area contributed by atoms with E-state index in [1.165, 1.54) is 23.5 Å². The van der Waals surface area contributed by atoms with Crippen molar-refractivity contribution in [3.63, 3.8) is 0 Å². The lowest BCUT2D eigenvalue weighted by Crippen LogP contribution is -2.03. The lowest BCUT2D eigenvalue weighted by Gasteiger charge is -2.02. The lowest BCUT2D eigenvalue weighted by atomic mass is 10.4. The highest BCUT2D eigenvalue weighted by atomic mass is 32.1. The van der Waals surface area contributed by atoms with Gasteiger partial charge in [0.25, 0.3) is 0 Å². The number of thiophene rings is 1. The van der Waals surface area contributed by atoms with Gasteiger partial charge in [0.05, 0.1) is 6.54 Å². The first-order valence-electron chi connectivity index (χ1n) is 5.29. The molecule has 0 radical (unpaired) electrons. The molecule has 0 saturated carbocycles. The van der Waals surface area contributed by atoms with Crippen molar-refractivity contribution in [1.29, 1.82) is 0 Å². The van der Waals surface area contributed by atoms with E-state index in [2.05, 4.69) is 0 Å². The Morgan fingerprint density at radius 3 is 2.67 bits per heavy atom. The zero-order chi connectivity index (χ0) is 13.0. The summed E-state index contributed by atoms with van der Waals surface area (Å²) in [6, 6.07) is 6.85. The van der Waals surface area contributed by atoms with Gasteiger partial charge in [-0.15, -0.1) is 11.3 Å². The van der Waals surface area contributed by atoms with E-state index in [0.29, 0.717) is 6.54 Å². The van der Waals surface area contributed by atoms with Gasteiger partial charge < -0.3 is 9.67 Å². The summed E-state index contributed by atoms with van der Waals surface area (Å²) >= 11 is 1.52. The Bertz CT molecular complexity index is 619. The number of rotatable bonds is 4.